The molecular weight excluding hydrogens is 718 g/mol. The monoisotopic (exact) mass is 757 g/mol. The Morgan fingerprint density at radius 1 is 0.867 bits per heavy atom. The normalized spacial score (nSPS) is 24.8. The highest BCUT2D eigenvalue weighted by Gasteiger charge is 2.34. The molecule has 11 heteroatoms. The highest BCUT2D eigenvalue weighted by Crippen LogP contribution is 2.36. The Morgan fingerprint density at radius 2 is 1.40 bits per heavy atom. The van der Waals surface area contributed by atoms with Crippen LogP contribution in [0.5, 0.6) is 11.5 Å². The number of carbonyl (C=O) groups is 1. The lowest BCUT2D eigenvalue weighted by Crippen LogP contribution is -2.38. The van der Waals surface area contributed by atoms with Gasteiger partial charge in [0.1, 0.15) is 23.7 Å². The number of ether oxygens (including phenoxy) is 4. The van der Waals surface area contributed by atoms with E-state index in [0.29, 0.717) is 42.6 Å². The molecule has 2 fully saturated rings. The summed E-state index contributed by atoms with van der Waals surface area (Å²) in [7, 11) is -1.21. The van der Waals surface area contributed by atoms with Gasteiger partial charge >= 0.3 is 0 Å². The van der Waals surface area contributed by atoms with Gasteiger partial charge < -0.3 is 18.9 Å². The second kappa shape index (κ2) is 16.8. The van der Waals surface area contributed by atoms with Crippen LogP contribution in [0, 0.1) is 23.3 Å². The van der Waals surface area contributed by atoms with Crippen LogP contribution in [0.4, 0.5) is 0 Å². The van der Waals surface area contributed by atoms with E-state index in [-0.39, 0.29) is 18.0 Å². The van der Waals surface area contributed by atoms with E-state index in [1.165, 1.54) is 0 Å². The fourth-order valence-corrected chi connectivity index (χ4v) is 6.90. The molecule has 2 aromatic rings. The molecule has 45 heavy (non-hydrogen) atoms. The summed E-state index contributed by atoms with van der Waals surface area (Å²) < 4.78 is 29.0. The zero-order chi connectivity index (χ0) is 32.4. The maximum absolute atomic E-state index is 12.1. The minimum absolute atomic E-state index is 0.0218. The molecule has 0 N–H and O–H groups in total. The van der Waals surface area contributed by atoms with E-state index in [0.717, 1.165) is 71.5 Å². The number of benzene rings is 2. The number of ketones is 1. The number of nitrogens with zero attached hydrogens (tertiary/aromatic N) is 3. The van der Waals surface area contributed by atoms with Crippen LogP contribution in [0.15, 0.2) is 61.6 Å². The molecule has 0 bridgehead atoms. The van der Waals surface area contributed by atoms with Crippen LogP contribution in [-0.4, -0.2) is 64.2 Å². The van der Waals surface area contributed by atoms with E-state index in [1.807, 2.05) is 42.6 Å². The summed E-state index contributed by atoms with van der Waals surface area (Å²) in [6, 6.07) is 11.5. The number of fused-ring (bicyclic) bond motifs is 2. The van der Waals surface area contributed by atoms with Crippen molar-refractivity contribution in [2.45, 2.75) is 70.4 Å². The van der Waals surface area contributed by atoms with E-state index in [1.54, 1.807) is 0 Å². The molecule has 0 aliphatic carbocycles. The molecule has 2 aromatic carbocycles. The Bertz CT molecular complexity index is 1450. The maximum atomic E-state index is 12.1. The molecule has 4 unspecified atom stereocenters. The predicted octanol–water partition coefficient (Wildman–Crippen LogP) is 8.18. The molecule has 0 amide bonds. The van der Waals surface area contributed by atoms with E-state index >= 15 is 0 Å². The third-order valence-electron chi connectivity index (χ3n) is 7.87. The van der Waals surface area contributed by atoms with Crippen LogP contribution < -0.4 is 9.47 Å². The van der Waals surface area contributed by atoms with Crippen LogP contribution in [0.2, 0.25) is 19.6 Å². The Labute approximate surface area is 284 Å². The number of hydrogen-bond acceptors (Lipinski definition) is 8. The SMILES string of the molecule is C=C=N[Si](C)(C)C.N#CN=C1CC(C2CCCOC2)Oc2ccc(Br)cc21.O=C1CC(C2CCCOC2)Oc2ccc(Br)cc21. The molecular formula is C34H41Br2N3O5Si. The maximum Gasteiger partial charge on any atom is 0.205 e. The average Bonchev–Trinajstić information content (AvgIpc) is 3.02. The van der Waals surface area contributed by atoms with Gasteiger partial charge in [0.05, 0.1) is 24.5 Å². The van der Waals surface area contributed by atoms with Crippen LogP contribution in [-0.2, 0) is 9.47 Å². The third kappa shape index (κ3) is 10.5. The molecule has 0 radical (unpaired) electrons. The molecule has 0 aromatic heterocycles. The second-order valence-corrected chi connectivity index (χ2v) is 18.9. The smallest absolute Gasteiger partial charge is 0.205 e. The zero-order valence-electron chi connectivity index (χ0n) is 26.2. The largest absolute Gasteiger partial charge is 0.489 e. The minimum Gasteiger partial charge on any atom is -0.489 e. The van der Waals surface area contributed by atoms with Gasteiger partial charge in [-0.3, -0.25) is 9.45 Å². The van der Waals surface area contributed by atoms with Gasteiger partial charge in [0.15, 0.2) is 14.0 Å². The fraction of sp³-hybridized carbons (Fsp3) is 0.500. The van der Waals surface area contributed by atoms with Gasteiger partial charge in [-0.15, -0.1) is 0 Å². The van der Waals surface area contributed by atoms with Crippen molar-refractivity contribution in [1.82, 2.24) is 0 Å². The van der Waals surface area contributed by atoms with Crippen molar-refractivity contribution in [3.63, 3.8) is 0 Å². The molecule has 240 valence electrons. The molecule has 6 rings (SSSR count). The van der Waals surface area contributed by atoms with Gasteiger partial charge in [-0.2, -0.15) is 10.3 Å². The molecule has 4 aliphatic heterocycles. The van der Waals surface area contributed by atoms with Crippen molar-refractivity contribution in [3.8, 4) is 17.7 Å². The molecule has 0 spiro atoms. The van der Waals surface area contributed by atoms with E-state index in [2.05, 4.69) is 73.6 Å². The number of Topliss-reactive ketones (excluding diaryl/α,β-unsaturated/α-hetero) is 1. The summed E-state index contributed by atoms with van der Waals surface area (Å²) in [5.74, 6) is 4.97. The number of carbonyl (C=O) groups excluding carboxylic acids is 1. The summed E-state index contributed by atoms with van der Waals surface area (Å²) in [4.78, 5) is 16.1. The zero-order valence-corrected chi connectivity index (χ0v) is 30.4. The van der Waals surface area contributed by atoms with Crippen LogP contribution in [0.3, 0.4) is 0 Å². The highest BCUT2D eigenvalue weighted by molar-refractivity contribution is 9.10. The summed E-state index contributed by atoms with van der Waals surface area (Å²) >= 11 is 6.83. The number of aliphatic imine (C=N–C) groups is 1. The summed E-state index contributed by atoms with van der Waals surface area (Å²) in [6.07, 6.45) is 7.41. The van der Waals surface area contributed by atoms with Gasteiger partial charge in [0.2, 0.25) is 6.19 Å². The van der Waals surface area contributed by atoms with Gasteiger partial charge in [-0.1, -0.05) is 31.9 Å². The van der Waals surface area contributed by atoms with E-state index in [9.17, 15) is 4.79 Å². The first-order valence-electron chi connectivity index (χ1n) is 15.4. The van der Waals surface area contributed by atoms with Crippen molar-refractivity contribution in [2.24, 2.45) is 21.5 Å². The van der Waals surface area contributed by atoms with Crippen LogP contribution in [0.25, 0.3) is 0 Å². The Kier molecular flexibility index (Phi) is 13.2. The average molecular weight is 760 g/mol. The first kappa shape index (κ1) is 35.3. The third-order valence-corrected chi connectivity index (χ3v) is 9.69. The quantitative estimate of drug-likeness (QED) is 0.178. The molecule has 8 nitrogen and oxygen atoms in total. The molecule has 4 heterocycles. The lowest BCUT2D eigenvalue weighted by molar-refractivity contribution is -0.00365. The summed E-state index contributed by atoms with van der Waals surface area (Å²) in [5.41, 5.74) is 2.41. The van der Waals surface area contributed by atoms with Gasteiger partial charge in [0, 0.05) is 52.4 Å². The lowest BCUT2D eigenvalue weighted by Gasteiger charge is -2.34. The Balaban J connectivity index is 0.000000171. The molecule has 4 atom stereocenters. The number of nitriles is 1. The second-order valence-electron chi connectivity index (χ2n) is 12.5. The van der Waals surface area contributed by atoms with Crippen LogP contribution >= 0.6 is 31.9 Å². The Hall–Kier alpha value is -2.58. The van der Waals surface area contributed by atoms with Crippen molar-refractivity contribution in [2.75, 3.05) is 26.4 Å². The topological polar surface area (TPSA) is 102 Å². The van der Waals surface area contributed by atoms with Gasteiger partial charge in [-0.25, -0.2) is 0 Å². The highest BCUT2D eigenvalue weighted by atomic mass is 79.9. The van der Waals surface area contributed by atoms with E-state index < -0.39 is 8.24 Å². The van der Waals surface area contributed by atoms with Crippen molar-refractivity contribution >= 4 is 57.5 Å². The number of hydrogen-bond donors (Lipinski definition) is 0. The van der Waals surface area contributed by atoms with Crippen molar-refractivity contribution in [3.05, 3.63) is 63.0 Å². The predicted molar refractivity (Wildman–Crippen MR) is 186 cm³/mol. The molecule has 0 saturated carbocycles. The summed E-state index contributed by atoms with van der Waals surface area (Å²) in [6.45, 7) is 12.9. The van der Waals surface area contributed by atoms with Crippen molar-refractivity contribution in [1.29, 1.82) is 5.26 Å². The van der Waals surface area contributed by atoms with Gasteiger partial charge in [0.25, 0.3) is 0 Å². The molecule has 2 saturated heterocycles. The number of rotatable bonds is 3. The minimum atomic E-state index is -1.21. The first-order valence-corrected chi connectivity index (χ1v) is 20.4. The Morgan fingerprint density at radius 3 is 1.87 bits per heavy atom. The van der Waals surface area contributed by atoms with Gasteiger partial charge in [-0.05, 0) is 94.2 Å². The van der Waals surface area contributed by atoms with Crippen LogP contribution in [0.1, 0.15) is 54.4 Å². The summed E-state index contributed by atoms with van der Waals surface area (Å²) in [5, 5.41) is 8.90. The number of halogens is 2. The first-order chi connectivity index (χ1) is 21.6. The lowest BCUT2D eigenvalue weighted by atomic mass is 9.88. The van der Waals surface area contributed by atoms with E-state index in [4.69, 9.17) is 24.2 Å². The fourth-order valence-electron chi connectivity index (χ4n) is 5.70. The standard InChI is InChI=1S/C15H15BrN2O2.C14H15BrO3.C5H11NSi/c16-11-3-4-14-12(6-11)13(18-9-17)7-15(20-14)10-2-1-5-19-8-10;15-10-3-4-13-11(6-10)12(16)7-14(18-13)9-2-1-5-17-8-9;1-5-6-7(2,3)4/h3-4,6,10,15H,1-2,5,7-8H2;3-4,6,9,14H,1-2,5,7-8H2;1H2,2-4H3. The van der Waals surface area contributed by atoms with Crippen molar-refractivity contribution < 1.29 is 23.7 Å². The molecule has 4 aliphatic rings.